The Morgan fingerprint density at radius 2 is 2.04 bits per heavy atom. The van der Waals surface area contributed by atoms with E-state index in [1.165, 1.54) is 30.5 Å². The van der Waals surface area contributed by atoms with Crippen molar-refractivity contribution in [3.05, 3.63) is 51.6 Å². The SMILES string of the molecule is Cn1c(=O)c2c(ncn2Cc2noc(-c3ccoc3)n2)n(C)c1=O. The quantitative estimate of drug-likeness (QED) is 0.525. The number of hydrogen-bond acceptors (Lipinski definition) is 7. The number of nitrogens with zero attached hydrogens (tertiary/aromatic N) is 6. The molecule has 0 fully saturated rings. The summed E-state index contributed by atoms with van der Waals surface area (Å²) in [7, 11) is 2.99. The molecule has 0 radical (unpaired) electrons. The van der Waals surface area contributed by atoms with Crippen molar-refractivity contribution in [1.82, 2.24) is 28.8 Å². The van der Waals surface area contributed by atoms with Crippen LogP contribution in [0.4, 0.5) is 0 Å². The molecule has 0 amide bonds. The standard InChI is InChI=1S/C14H12N6O4/c1-18-11-10(13(21)19(2)14(18)22)20(7-15-11)5-9-16-12(24-17-9)8-3-4-23-6-8/h3-4,6-7H,5H2,1-2H3. The van der Waals surface area contributed by atoms with E-state index in [4.69, 9.17) is 8.94 Å². The average molecular weight is 328 g/mol. The van der Waals surface area contributed by atoms with Crippen molar-refractivity contribution in [3.8, 4) is 11.5 Å². The van der Waals surface area contributed by atoms with E-state index in [1.54, 1.807) is 17.7 Å². The van der Waals surface area contributed by atoms with Crippen molar-refractivity contribution in [1.29, 1.82) is 0 Å². The molecule has 122 valence electrons. The van der Waals surface area contributed by atoms with Crippen LogP contribution in [0.1, 0.15) is 5.82 Å². The maximum absolute atomic E-state index is 12.4. The maximum atomic E-state index is 12.4. The number of imidazole rings is 1. The first kappa shape index (κ1) is 14.2. The summed E-state index contributed by atoms with van der Waals surface area (Å²) in [5.74, 6) is 0.699. The van der Waals surface area contributed by atoms with Gasteiger partial charge in [-0.2, -0.15) is 4.98 Å². The summed E-state index contributed by atoms with van der Waals surface area (Å²) in [5.41, 5.74) is 0.419. The average Bonchev–Trinajstić information content (AvgIpc) is 3.31. The van der Waals surface area contributed by atoms with Gasteiger partial charge in [-0.3, -0.25) is 13.9 Å². The lowest BCUT2D eigenvalue weighted by atomic mass is 10.3. The van der Waals surface area contributed by atoms with Crippen LogP contribution in [0.3, 0.4) is 0 Å². The Morgan fingerprint density at radius 3 is 2.79 bits per heavy atom. The van der Waals surface area contributed by atoms with Gasteiger partial charge in [0.15, 0.2) is 17.0 Å². The first-order valence-corrected chi connectivity index (χ1v) is 7.02. The predicted molar refractivity (Wildman–Crippen MR) is 81.3 cm³/mol. The molecule has 0 aliphatic rings. The zero-order valence-corrected chi connectivity index (χ0v) is 12.8. The Morgan fingerprint density at radius 1 is 1.21 bits per heavy atom. The van der Waals surface area contributed by atoms with Crippen molar-refractivity contribution in [2.24, 2.45) is 14.1 Å². The summed E-state index contributed by atoms with van der Waals surface area (Å²) in [6.07, 6.45) is 4.47. The number of aryl methyl sites for hydroxylation is 1. The Labute approximate surface area is 133 Å². The molecular formula is C14H12N6O4. The number of hydrogen-bond donors (Lipinski definition) is 0. The summed E-state index contributed by atoms with van der Waals surface area (Å²) < 4.78 is 14.1. The van der Waals surface area contributed by atoms with Crippen molar-refractivity contribution in [2.75, 3.05) is 0 Å². The van der Waals surface area contributed by atoms with Crippen LogP contribution in [0.25, 0.3) is 22.6 Å². The minimum Gasteiger partial charge on any atom is -0.472 e. The highest BCUT2D eigenvalue weighted by atomic mass is 16.5. The van der Waals surface area contributed by atoms with Crippen LogP contribution in [-0.4, -0.2) is 28.8 Å². The zero-order chi connectivity index (χ0) is 16.8. The normalized spacial score (nSPS) is 11.4. The highest BCUT2D eigenvalue weighted by Gasteiger charge is 2.16. The Hall–Kier alpha value is -3.43. The van der Waals surface area contributed by atoms with E-state index < -0.39 is 11.2 Å². The second kappa shape index (κ2) is 5.05. The van der Waals surface area contributed by atoms with Gasteiger partial charge in [-0.05, 0) is 6.07 Å². The highest BCUT2D eigenvalue weighted by Crippen LogP contribution is 2.17. The highest BCUT2D eigenvalue weighted by molar-refractivity contribution is 5.70. The fourth-order valence-electron chi connectivity index (χ4n) is 2.49. The third-order valence-corrected chi connectivity index (χ3v) is 3.77. The lowest BCUT2D eigenvalue weighted by molar-refractivity contribution is 0.420. The summed E-state index contributed by atoms with van der Waals surface area (Å²) >= 11 is 0. The van der Waals surface area contributed by atoms with Crippen LogP contribution >= 0.6 is 0 Å². The van der Waals surface area contributed by atoms with E-state index in [9.17, 15) is 9.59 Å². The van der Waals surface area contributed by atoms with Crippen molar-refractivity contribution in [2.45, 2.75) is 6.54 Å². The van der Waals surface area contributed by atoms with E-state index in [1.807, 2.05) is 0 Å². The molecule has 0 aromatic carbocycles. The Bertz CT molecular complexity index is 1140. The van der Waals surface area contributed by atoms with Gasteiger partial charge >= 0.3 is 5.69 Å². The van der Waals surface area contributed by atoms with Gasteiger partial charge in [-0.25, -0.2) is 9.78 Å². The molecule has 0 bridgehead atoms. The smallest absolute Gasteiger partial charge is 0.332 e. The molecule has 4 aromatic heterocycles. The Balaban J connectivity index is 1.79. The second-order valence-corrected chi connectivity index (χ2v) is 5.28. The summed E-state index contributed by atoms with van der Waals surface area (Å²) in [6, 6.07) is 1.70. The van der Waals surface area contributed by atoms with Crippen LogP contribution in [0.2, 0.25) is 0 Å². The molecule has 0 spiro atoms. The van der Waals surface area contributed by atoms with E-state index >= 15 is 0 Å². The van der Waals surface area contributed by atoms with E-state index in [2.05, 4.69) is 15.1 Å². The maximum Gasteiger partial charge on any atom is 0.332 e. The number of fused-ring (bicyclic) bond motifs is 1. The van der Waals surface area contributed by atoms with Crippen molar-refractivity contribution < 1.29 is 8.94 Å². The van der Waals surface area contributed by atoms with E-state index in [0.717, 1.165) is 4.57 Å². The molecule has 0 saturated carbocycles. The predicted octanol–water partition coefficient (Wildman–Crippen LogP) is 0.125. The first-order chi connectivity index (χ1) is 11.6. The number of rotatable bonds is 3. The Kier molecular flexibility index (Phi) is 2.98. The van der Waals surface area contributed by atoms with Gasteiger partial charge in [0, 0.05) is 14.1 Å². The first-order valence-electron chi connectivity index (χ1n) is 7.02. The van der Waals surface area contributed by atoms with Gasteiger partial charge in [-0.1, -0.05) is 5.16 Å². The topological polar surface area (TPSA) is 114 Å². The fourth-order valence-corrected chi connectivity index (χ4v) is 2.49. The second-order valence-electron chi connectivity index (χ2n) is 5.28. The lowest BCUT2D eigenvalue weighted by Crippen LogP contribution is -2.37. The van der Waals surface area contributed by atoms with Gasteiger partial charge in [0.25, 0.3) is 11.4 Å². The summed E-state index contributed by atoms with van der Waals surface area (Å²) in [5, 5.41) is 3.89. The largest absolute Gasteiger partial charge is 0.472 e. The molecule has 0 atom stereocenters. The molecule has 0 saturated heterocycles. The molecule has 0 aliphatic heterocycles. The molecule has 4 rings (SSSR count). The molecule has 4 aromatic rings. The van der Waals surface area contributed by atoms with Gasteiger partial charge in [0.05, 0.1) is 24.7 Å². The van der Waals surface area contributed by atoms with Crippen LogP contribution in [0, 0.1) is 0 Å². The molecule has 10 nitrogen and oxygen atoms in total. The van der Waals surface area contributed by atoms with E-state index in [-0.39, 0.29) is 6.54 Å². The molecule has 0 N–H and O–H groups in total. The molecule has 0 aliphatic carbocycles. The molecule has 4 heterocycles. The van der Waals surface area contributed by atoms with Gasteiger partial charge in [0.2, 0.25) is 0 Å². The fraction of sp³-hybridized carbons (Fsp3) is 0.214. The lowest BCUT2D eigenvalue weighted by Gasteiger charge is -2.04. The monoisotopic (exact) mass is 328 g/mol. The molecule has 0 unspecified atom stereocenters. The minimum atomic E-state index is -0.431. The van der Waals surface area contributed by atoms with Crippen molar-refractivity contribution in [3.63, 3.8) is 0 Å². The third-order valence-electron chi connectivity index (χ3n) is 3.77. The van der Waals surface area contributed by atoms with Gasteiger partial charge in [0.1, 0.15) is 6.26 Å². The minimum absolute atomic E-state index is 0.186. The molecular weight excluding hydrogens is 316 g/mol. The summed E-state index contributed by atoms with van der Waals surface area (Å²) in [4.78, 5) is 32.7. The van der Waals surface area contributed by atoms with Crippen LogP contribution in [-0.2, 0) is 20.6 Å². The van der Waals surface area contributed by atoms with E-state index in [0.29, 0.717) is 28.4 Å². The van der Waals surface area contributed by atoms with Crippen LogP contribution in [0.15, 0.2) is 43.4 Å². The molecule has 10 heteroatoms. The summed E-state index contributed by atoms with van der Waals surface area (Å²) in [6.45, 7) is 0.186. The number of aromatic nitrogens is 6. The molecule has 24 heavy (non-hydrogen) atoms. The zero-order valence-electron chi connectivity index (χ0n) is 12.8. The van der Waals surface area contributed by atoms with Gasteiger partial charge < -0.3 is 13.5 Å². The van der Waals surface area contributed by atoms with Crippen LogP contribution < -0.4 is 11.2 Å². The van der Waals surface area contributed by atoms with Crippen molar-refractivity contribution >= 4 is 11.2 Å². The third kappa shape index (κ3) is 2.00. The number of furan rings is 1. The van der Waals surface area contributed by atoms with Gasteiger partial charge in [-0.15, -0.1) is 0 Å². The van der Waals surface area contributed by atoms with Crippen LogP contribution in [0.5, 0.6) is 0 Å².